The molecule has 2 rings (SSSR count). The molecular weight excluding hydrogens is 378 g/mol. The Morgan fingerprint density at radius 2 is 1.39 bits per heavy atom. The lowest BCUT2D eigenvalue weighted by Gasteiger charge is -2.26. The molecule has 6 nitrogen and oxygen atoms in total. The van der Waals surface area contributed by atoms with E-state index in [0.29, 0.717) is 11.5 Å². The largest absolute Gasteiger partial charge is 0.497 e. The number of rotatable bonds is 11. The first kappa shape index (κ1) is 21.9. The molecule has 28 heavy (non-hydrogen) atoms. The van der Waals surface area contributed by atoms with E-state index in [9.17, 15) is 13.5 Å². The Labute approximate surface area is 167 Å². The van der Waals surface area contributed by atoms with Crippen LogP contribution in [0.3, 0.4) is 0 Å². The number of benzene rings is 2. The maximum absolute atomic E-state index is 13.2. The number of aliphatic hydroxyl groups is 1. The summed E-state index contributed by atoms with van der Waals surface area (Å²) in [5.41, 5.74) is 1.65. The van der Waals surface area contributed by atoms with Crippen LogP contribution in [-0.4, -0.2) is 43.9 Å². The molecule has 0 aliphatic rings. The summed E-state index contributed by atoms with van der Waals surface area (Å²) in [6, 6.07) is 14.5. The molecule has 152 valence electrons. The van der Waals surface area contributed by atoms with Crippen molar-refractivity contribution in [1.82, 2.24) is 4.31 Å². The van der Waals surface area contributed by atoms with E-state index >= 15 is 0 Å². The van der Waals surface area contributed by atoms with E-state index in [1.54, 1.807) is 38.5 Å². The van der Waals surface area contributed by atoms with Gasteiger partial charge in [0.05, 0.1) is 20.8 Å². The second-order valence-corrected chi connectivity index (χ2v) is 8.55. The monoisotopic (exact) mass is 405 g/mol. The van der Waals surface area contributed by atoms with Crippen LogP contribution in [0.1, 0.15) is 17.5 Å². The SMILES string of the molecule is C=CC[C@@H](CO)S(=O)(=O)N(Cc1ccc(OC)cc1)Cc1ccc(OC)cc1. The molecular formula is C21H27NO5S. The molecule has 0 spiro atoms. The Kier molecular flexibility index (Phi) is 8.04. The maximum Gasteiger partial charge on any atom is 0.220 e. The summed E-state index contributed by atoms with van der Waals surface area (Å²) in [7, 11) is -0.594. The minimum atomic E-state index is -3.75. The van der Waals surface area contributed by atoms with Gasteiger partial charge in [-0.15, -0.1) is 6.58 Å². The number of aliphatic hydroxyl groups excluding tert-OH is 1. The first-order valence-electron chi connectivity index (χ1n) is 8.91. The fourth-order valence-corrected chi connectivity index (χ4v) is 4.44. The van der Waals surface area contributed by atoms with Crippen LogP contribution in [0.15, 0.2) is 61.2 Å². The summed E-state index contributed by atoms with van der Waals surface area (Å²) in [5, 5.41) is 8.69. The van der Waals surface area contributed by atoms with E-state index in [1.807, 2.05) is 24.3 Å². The minimum absolute atomic E-state index is 0.181. The van der Waals surface area contributed by atoms with Gasteiger partial charge < -0.3 is 14.6 Å². The lowest BCUT2D eigenvalue weighted by molar-refractivity contribution is 0.281. The van der Waals surface area contributed by atoms with Gasteiger partial charge in [0.1, 0.15) is 16.7 Å². The van der Waals surface area contributed by atoms with Crippen molar-refractivity contribution >= 4 is 10.0 Å². The molecule has 0 aliphatic carbocycles. The fraction of sp³-hybridized carbons (Fsp3) is 0.333. The molecule has 0 amide bonds. The van der Waals surface area contributed by atoms with Crippen LogP contribution in [0.25, 0.3) is 0 Å². The summed E-state index contributed by atoms with van der Waals surface area (Å²) < 4.78 is 38.1. The third kappa shape index (κ3) is 5.58. The number of hydrogen-bond donors (Lipinski definition) is 1. The average molecular weight is 406 g/mol. The smallest absolute Gasteiger partial charge is 0.220 e. The molecule has 0 unspecified atom stereocenters. The Hall–Kier alpha value is -2.35. The van der Waals surface area contributed by atoms with E-state index in [4.69, 9.17) is 9.47 Å². The van der Waals surface area contributed by atoms with Gasteiger partial charge in [-0.3, -0.25) is 0 Å². The van der Waals surface area contributed by atoms with Crippen LogP contribution in [0, 0.1) is 0 Å². The van der Waals surface area contributed by atoms with E-state index in [-0.39, 0.29) is 19.5 Å². The van der Waals surface area contributed by atoms with Crippen LogP contribution in [0.5, 0.6) is 11.5 Å². The van der Waals surface area contributed by atoms with Gasteiger partial charge in [0.2, 0.25) is 10.0 Å². The number of nitrogens with zero attached hydrogens (tertiary/aromatic N) is 1. The molecule has 0 aromatic heterocycles. The van der Waals surface area contributed by atoms with Gasteiger partial charge in [0.25, 0.3) is 0 Å². The standard InChI is InChI=1S/C21H27NO5S/c1-4-5-21(16-23)28(24,25)22(14-17-6-10-19(26-2)11-7-17)15-18-8-12-20(27-3)13-9-18/h4,6-13,21,23H,1,5,14-16H2,2-3H3/t21-/m0/s1. The average Bonchev–Trinajstić information content (AvgIpc) is 2.72. The van der Waals surface area contributed by atoms with Crippen LogP contribution in [0.4, 0.5) is 0 Å². The number of allylic oxidation sites excluding steroid dienone is 1. The van der Waals surface area contributed by atoms with Gasteiger partial charge in [-0.1, -0.05) is 30.3 Å². The second-order valence-electron chi connectivity index (χ2n) is 6.34. The number of hydrogen-bond acceptors (Lipinski definition) is 5. The predicted octanol–water partition coefficient (Wildman–Crippen LogP) is 2.97. The van der Waals surface area contributed by atoms with Crippen molar-refractivity contribution in [2.45, 2.75) is 24.8 Å². The molecule has 2 aromatic carbocycles. The number of methoxy groups -OCH3 is 2. The van der Waals surface area contributed by atoms with Gasteiger partial charge in [0.15, 0.2) is 0 Å². The quantitative estimate of drug-likeness (QED) is 0.582. The van der Waals surface area contributed by atoms with Crippen molar-refractivity contribution in [3.8, 4) is 11.5 Å². The third-order valence-corrected chi connectivity index (χ3v) is 6.61. The molecule has 0 saturated heterocycles. The predicted molar refractivity (Wildman–Crippen MR) is 110 cm³/mol. The van der Waals surface area contributed by atoms with Gasteiger partial charge in [-0.05, 0) is 41.8 Å². The lowest BCUT2D eigenvalue weighted by Crippen LogP contribution is -2.39. The van der Waals surface area contributed by atoms with E-state index in [0.717, 1.165) is 11.1 Å². The van der Waals surface area contributed by atoms with Crippen LogP contribution >= 0.6 is 0 Å². The number of ether oxygens (including phenoxy) is 2. The van der Waals surface area contributed by atoms with E-state index < -0.39 is 21.9 Å². The van der Waals surface area contributed by atoms with Crippen molar-refractivity contribution in [2.24, 2.45) is 0 Å². The summed E-state index contributed by atoms with van der Waals surface area (Å²) in [6.45, 7) is 3.52. The van der Waals surface area contributed by atoms with Crippen LogP contribution in [-0.2, 0) is 23.1 Å². The molecule has 2 aromatic rings. The first-order valence-corrected chi connectivity index (χ1v) is 10.4. The van der Waals surface area contributed by atoms with Gasteiger partial charge in [0, 0.05) is 13.1 Å². The van der Waals surface area contributed by atoms with Crippen molar-refractivity contribution in [2.75, 3.05) is 20.8 Å². The molecule has 0 saturated carbocycles. The summed E-state index contributed by atoms with van der Waals surface area (Å²) in [6.07, 6.45) is 1.69. The van der Waals surface area contributed by atoms with E-state index in [2.05, 4.69) is 6.58 Å². The topological polar surface area (TPSA) is 76.1 Å². The maximum atomic E-state index is 13.2. The molecule has 0 radical (unpaired) electrons. The van der Waals surface area contributed by atoms with Gasteiger partial charge >= 0.3 is 0 Å². The molecule has 0 aliphatic heterocycles. The third-order valence-electron chi connectivity index (χ3n) is 4.45. The minimum Gasteiger partial charge on any atom is -0.497 e. The lowest BCUT2D eigenvalue weighted by atomic mass is 10.2. The van der Waals surface area contributed by atoms with Crippen molar-refractivity contribution in [3.63, 3.8) is 0 Å². The summed E-state index contributed by atoms with van der Waals surface area (Å²) in [4.78, 5) is 0. The molecule has 1 N–H and O–H groups in total. The Morgan fingerprint density at radius 3 is 1.71 bits per heavy atom. The van der Waals surface area contributed by atoms with Crippen LogP contribution < -0.4 is 9.47 Å². The van der Waals surface area contributed by atoms with Gasteiger partial charge in [-0.2, -0.15) is 4.31 Å². The fourth-order valence-electron chi connectivity index (χ4n) is 2.79. The van der Waals surface area contributed by atoms with E-state index in [1.165, 1.54) is 10.4 Å². The first-order chi connectivity index (χ1) is 13.4. The summed E-state index contributed by atoms with van der Waals surface area (Å²) in [5.74, 6) is 1.40. The van der Waals surface area contributed by atoms with Crippen LogP contribution in [0.2, 0.25) is 0 Å². The highest BCUT2D eigenvalue weighted by atomic mass is 32.2. The highest BCUT2D eigenvalue weighted by Crippen LogP contribution is 2.22. The van der Waals surface area contributed by atoms with Crippen molar-refractivity contribution in [3.05, 3.63) is 72.3 Å². The zero-order valence-electron chi connectivity index (χ0n) is 16.2. The number of sulfonamides is 1. The Balaban J connectivity index is 2.33. The highest BCUT2D eigenvalue weighted by Gasteiger charge is 2.31. The van der Waals surface area contributed by atoms with Crippen molar-refractivity contribution in [1.29, 1.82) is 0 Å². The molecule has 1 atom stereocenters. The molecule has 7 heteroatoms. The second kappa shape index (κ2) is 10.3. The molecule has 0 fully saturated rings. The van der Waals surface area contributed by atoms with Gasteiger partial charge in [-0.25, -0.2) is 8.42 Å². The summed E-state index contributed by atoms with van der Waals surface area (Å²) >= 11 is 0. The zero-order chi connectivity index (χ0) is 20.6. The molecule has 0 bridgehead atoms. The Bertz CT molecular complexity index is 798. The Morgan fingerprint density at radius 1 is 0.964 bits per heavy atom. The molecule has 0 heterocycles. The normalized spacial score (nSPS) is 12.6. The van der Waals surface area contributed by atoms with Crippen molar-refractivity contribution < 1.29 is 23.0 Å². The highest BCUT2D eigenvalue weighted by molar-refractivity contribution is 7.89. The zero-order valence-corrected chi connectivity index (χ0v) is 17.1.